The van der Waals surface area contributed by atoms with Gasteiger partial charge < -0.3 is 10.2 Å². The average Bonchev–Trinajstić information content (AvgIpc) is 3.01. The largest absolute Gasteiger partial charge is 0.325 e. The molecular formula is C22H21N3O2S. The zero-order valence-electron chi connectivity index (χ0n) is 15.8. The third-order valence-electron chi connectivity index (χ3n) is 4.90. The van der Waals surface area contributed by atoms with Crippen LogP contribution in [0.4, 0.5) is 11.4 Å². The van der Waals surface area contributed by atoms with Crippen molar-refractivity contribution in [3.05, 3.63) is 60.3 Å². The molecule has 0 aliphatic carbocycles. The van der Waals surface area contributed by atoms with Crippen molar-refractivity contribution < 1.29 is 9.59 Å². The average molecular weight is 391 g/mol. The molecule has 5 nitrogen and oxygen atoms in total. The maximum Gasteiger partial charge on any atom is 0.234 e. The number of carbonyl (C=O) groups is 2. The highest BCUT2D eigenvalue weighted by Gasteiger charge is 2.28. The Morgan fingerprint density at radius 3 is 2.86 bits per heavy atom. The zero-order valence-corrected chi connectivity index (χ0v) is 16.6. The van der Waals surface area contributed by atoms with Crippen molar-refractivity contribution in [3.63, 3.8) is 0 Å². The van der Waals surface area contributed by atoms with Crippen LogP contribution in [0.5, 0.6) is 0 Å². The van der Waals surface area contributed by atoms with Crippen molar-refractivity contribution in [3.8, 4) is 0 Å². The van der Waals surface area contributed by atoms with Crippen LogP contribution in [0.15, 0.2) is 59.8 Å². The van der Waals surface area contributed by atoms with Crippen LogP contribution in [0.1, 0.15) is 19.4 Å². The minimum absolute atomic E-state index is 0.0435. The monoisotopic (exact) mass is 391 g/mol. The fourth-order valence-corrected chi connectivity index (χ4v) is 4.54. The maximum atomic E-state index is 12.4. The zero-order chi connectivity index (χ0) is 19.7. The normalized spacial score (nSPS) is 15.5. The second-order valence-electron chi connectivity index (χ2n) is 6.96. The number of hydrogen-bond acceptors (Lipinski definition) is 4. The number of carbonyl (C=O) groups excluding carboxylic acids is 2. The molecule has 2 heterocycles. The summed E-state index contributed by atoms with van der Waals surface area (Å²) in [6.07, 6.45) is 2.57. The van der Waals surface area contributed by atoms with Crippen LogP contribution in [0, 0.1) is 0 Å². The molecule has 28 heavy (non-hydrogen) atoms. The first kappa shape index (κ1) is 18.5. The van der Waals surface area contributed by atoms with Gasteiger partial charge in [-0.15, -0.1) is 0 Å². The molecule has 142 valence electrons. The van der Waals surface area contributed by atoms with E-state index in [1.54, 1.807) is 13.1 Å². The summed E-state index contributed by atoms with van der Waals surface area (Å²) in [7, 11) is 0. The van der Waals surface area contributed by atoms with Crippen LogP contribution in [0.3, 0.4) is 0 Å². The summed E-state index contributed by atoms with van der Waals surface area (Å²) in [5.74, 6) is 0.254. The molecule has 1 aliphatic rings. The van der Waals surface area contributed by atoms with Gasteiger partial charge in [0.25, 0.3) is 0 Å². The number of anilines is 2. The Bertz CT molecular complexity index is 1060. The van der Waals surface area contributed by atoms with Crippen LogP contribution < -0.4 is 10.2 Å². The van der Waals surface area contributed by atoms with Crippen molar-refractivity contribution in [1.29, 1.82) is 0 Å². The molecule has 1 aromatic heterocycles. The van der Waals surface area contributed by atoms with Crippen LogP contribution >= 0.6 is 11.8 Å². The van der Waals surface area contributed by atoms with Gasteiger partial charge in [0.15, 0.2) is 0 Å². The van der Waals surface area contributed by atoms with Crippen LogP contribution in [-0.2, 0) is 16.0 Å². The Morgan fingerprint density at radius 1 is 1.21 bits per heavy atom. The summed E-state index contributed by atoms with van der Waals surface area (Å²) in [6, 6.07) is 15.9. The van der Waals surface area contributed by atoms with Gasteiger partial charge >= 0.3 is 0 Å². The Balaban J connectivity index is 1.43. The number of hydrogen-bond donors (Lipinski definition) is 1. The molecule has 1 N–H and O–H groups in total. The first-order valence-electron chi connectivity index (χ1n) is 9.22. The Hall–Kier alpha value is -2.86. The number of benzene rings is 2. The molecule has 4 rings (SSSR count). The van der Waals surface area contributed by atoms with Gasteiger partial charge in [-0.05, 0) is 48.6 Å². The van der Waals surface area contributed by atoms with E-state index in [1.165, 1.54) is 11.8 Å². The van der Waals surface area contributed by atoms with Crippen molar-refractivity contribution >= 4 is 45.7 Å². The third kappa shape index (κ3) is 3.60. The van der Waals surface area contributed by atoms with Gasteiger partial charge in [-0.25, -0.2) is 4.98 Å². The molecule has 3 aromatic rings. The first-order valence-corrected chi connectivity index (χ1v) is 10.2. The lowest BCUT2D eigenvalue weighted by Crippen LogP contribution is -2.33. The number of thioether (sulfide) groups is 1. The predicted molar refractivity (Wildman–Crippen MR) is 114 cm³/mol. The smallest absolute Gasteiger partial charge is 0.234 e. The molecular weight excluding hydrogens is 370 g/mol. The molecule has 0 saturated heterocycles. The highest BCUT2D eigenvalue weighted by atomic mass is 32.2. The second kappa shape index (κ2) is 7.64. The van der Waals surface area contributed by atoms with E-state index in [4.69, 9.17) is 0 Å². The number of nitrogens with zero attached hydrogens (tertiary/aromatic N) is 2. The van der Waals surface area contributed by atoms with Crippen molar-refractivity contribution in [2.45, 2.75) is 31.3 Å². The Kier molecular flexibility index (Phi) is 5.05. The lowest BCUT2D eigenvalue weighted by atomic mass is 10.1. The van der Waals surface area contributed by atoms with Gasteiger partial charge in [0, 0.05) is 35.9 Å². The molecule has 0 radical (unpaired) electrons. The topological polar surface area (TPSA) is 62.3 Å². The number of aromatic nitrogens is 1. The second-order valence-corrected chi connectivity index (χ2v) is 7.92. The third-order valence-corrected chi connectivity index (χ3v) is 5.90. The van der Waals surface area contributed by atoms with E-state index in [0.717, 1.165) is 39.2 Å². The fourth-order valence-electron chi connectivity index (χ4n) is 3.73. The van der Waals surface area contributed by atoms with E-state index in [2.05, 4.69) is 10.3 Å². The summed E-state index contributed by atoms with van der Waals surface area (Å²) >= 11 is 1.43. The number of amides is 2. The van der Waals surface area contributed by atoms with E-state index in [-0.39, 0.29) is 23.6 Å². The Labute approximate surface area is 168 Å². The van der Waals surface area contributed by atoms with Crippen molar-refractivity contribution in [1.82, 2.24) is 4.98 Å². The Morgan fingerprint density at radius 2 is 2.04 bits per heavy atom. The van der Waals surface area contributed by atoms with Gasteiger partial charge in [0.2, 0.25) is 11.8 Å². The van der Waals surface area contributed by atoms with Gasteiger partial charge in [-0.2, -0.15) is 0 Å². The van der Waals surface area contributed by atoms with E-state index in [1.807, 2.05) is 60.4 Å². The summed E-state index contributed by atoms with van der Waals surface area (Å²) in [4.78, 5) is 30.5. The molecule has 0 bridgehead atoms. The van der Waals surface area contributed by atoms with Crippen LogP contribution in [0.25, 0.3) is 10.8 Å². The van der Waals surface area contributed by atoms with E-state index in [9.17, 15) is 9.59 Å². The molecule has 0 unspecified atom stereocenters. The molecule has 0 spiro atoms. The van der Waals surface area contributed by atoms with Crippen LogP contribution in [0.2, 0.25) is 0 Å². The number of pyridine rings is 1. The van der Waals surface area contributed by atoms with Gasteiger partial charge in [0.1, 0.15) is 5.03 Å². The quantitative estimate of drug-likeness (QED) is 0.675. The predicted octanol–water partition coefficient (Wildman–Crippen LogP) is 4.26. The summed E-state index contributed by atoms with van der Waals surface area (Å²) < 4.78 is 0. The summed E-state index contributed by atoms with van der Waals surface area (Å²) in [6.45, 7) is 3.62. The number of fused-ring (bicyclic) bond motifs is 2. The molecule has 2 amide bonds. The van der Waals surface area contributed by atoms with Gasteiger partial charge in [-0.3, -0.25) is 9.59 Å². The molecule has 6 heteroatoms. The van der Waals surface area contributed by atoms with Gasteiger partial charge in [0.05, 0.1) is 5.75 Å². The first-order chi connectivity index (χ1) is 13.5. The molecule has 1 atom stereocenters. The molecule has 2 aromatic carbocycles. The van der Waals surface area contributed by atoms with Crippen molar-refractivity contribution in [2.75, 3.05) is 16.0 Å². The van der Waals surface area contributed by atoms with Crippen molar-refractivity contribution in [2.24, 2.45) is 0 Å². The molecule has 1 aliphatic heterocycles. The highest BCUT2D eigenvalue weighted by Crippen LogP contribution is 2.34. The highest BCUT2D eigenvalue weighted by molar-refractivity contribution is 8.00. The minimum atomic E-state index is -0.0749. The lowest BCUT2D eigenvalue weighted by molar-refractivity contribution is -0.117. The van der Waals surface area contributed by atoms with Crippen LogP contribution in [-0.4, -0.2) is 28.6 Å². The number of rotatable bonds is 4. The summed E-state index contributed by atoms with van der Waals surface area (Å²) in [5, 5.41) is 5.98. The fraction of sp³-hybridized carbons (Fsp3) is 0.227. The standard InChI is InChI=1S/C22H21N3O2S/c1-14-11-17-12-18(7-8-20(17)25(14)15(2)26)24-21(27)13-28-22-19-6-4-3-5-16(19)9-10-23-22/h3-10,12,14H,11,13H2,1-2H3,(H,24,27)/t14-/m1/s1. The molecule has 0 saturated carbocycles. The molecule has 0 fully saturated rings. The number of nitrogens with one attached hydrogen (secondary N) is 1. The van der Waals surface area contributed by atoms with E-state index in [0.29, 0.717) is 0 Å². The van der Waals surface area contributed by atoms with E-state index >= 15 is 0 Å². The lowest BCUT2D eigenvalue weighted by Gasteiger charge is -2.20. The van der Waals surface area contributed by atoms with Gasteiger partial charge in [-0.1, -0.05) is 36.0 Å². The SMILES string of the molecule is CC(=O)N1c2ccc(NC(=O)CSc3nccc4ccccc34)cc2C[C@H]1C. The minimum Gasteiger partial charge on any atom is -0.325 e. The van der Waals surface area contributed by atoms with E-state index < -0.39 is 0 Å². The summed E-state index contributed by atoms with van der Waals surface area (Å²) in [5.41, 5.74) is 2.78. The maximum absolute atomic E-state index is 12.4.